The van der Waals surface area contributed by atoms with Gasteiger partial charge in [-0.15, -0.1) is 0 Å². The SMILES string of the molecule is Nc1cc(S(F)(F)(F)(F)F)c(Cl)cc1F. The molecule has 0 fully saturated rings. The van der Waals surface area contributed by atoms with Crippen molar-refractivity contribution in [1.29, 1.82) is 0 Å². The van der Waals surface area contributed by atoms with E-state index in [4.69, 9.17) is 17.3 Å². The second-order valence-electron chi connectivity index (χ2n) is 2.77. The van der Waals surface area contributed by atoms with Crippen molar-refractivity contribution in [2.45, 2.75) is 4.90 Å². The van der Waals surface area contributed by atoms with Crippen LogP contribution in [0.4, 0.5) is 29.5 Å². The molecule has 0 radical (unpaired) electrons. The fourth-order valence-electron chi connectivity index (χ4n) is 0.840. The predicted molar refractivity (Wildman–Crippen MR) is 47.2 cm³/mol. The van der Waals surface area contributed by atoms with Crippen molar-refractivity contribution >= 4 is 27.5 Å². The lowest BCUT2D eigenvalue weighted by Crippen LogP contribution is -2.08. The average molecular weight is 272 g/mol. The Labute approximate surface area is 85.5 Å². The maximum absolute atomic E-state index is 12.6. The number of benzene rings is 1. The quantitative estimate of drug-likeness (QED) is 0.580. The summed E-state index contributed by atoms with van der Waals surface area (Å²) >= 11 is 4.90. The van der Waals surface area contributed by atoms with Crippen molar-refractivity contribution in [2.75, 3.05) is 5.73 Å². The van der Waals surface area contributed by atoms with E-state index in [1.165, 1.54) is 0 Å². The molecule has 0 heterocycles. The first-order valence-electron chi connectivity index (χ1n) is 3.30. The first-order chi connectivity index (χ1) is 6.31. The third-order valence-corrected chi connectivity index (χ3v) is 3.06. The number of nitrogen functional groups attached to an aromatic ring is 1. The number of nitrogens with two attached hydrogens (primary N) is 1. The minimum absolute atomic E-state index is 0.101. The van der Waals surface area contributed by atoms with Gasteiger partial charge in [-0.25, -0.2) is 4.39 Å². The smallest absolute Gasteiger partial charge is 0.311 e. The van der Waals surface area contributed by atoms with Gasteiger partial charge in [0.25, 0.3) is 0 Å². The fraction of sp³-hybridized carbons (Fsp3) is 0. The predicted octanol–water partition coefficient (Wildman–Crippen LogP) is 4.72. The zero-order chi connectivity index (χ0) is 12.1. The first kappa shape index (κ1) is 12.3. The highest BCUT2D eigenvalue weighted by atomic mass is 35.5. The summed E-state index contributed by atoms with van der Waals surface area (Å²) in [5, 5.41) is -1.42. The maximum Gasteiger partial charge on any atom is 0.311 e. The van der Waals surface area contributed by atoms with Crippen LogP contribution in [0.3, 0.4) is 0 Å². The molecule has 0 saturated heterocycles. The summed E-state index contributed by atoms with van der Waals surface area (Å²) in [7, 11) is -9.92. The topological polar surface area (TPSA) is 26.0 Å². The molecule has 2 N–H and O–H groups in total. The van der Waals surface area contributed by atoms with Gasteiger partial charge in [-0.2, -0.15) is 0 Å². The van der Waals surface area contributed by atoms with Gasteiger partial charge in [0.2, 0.25) is 0 Å². The second kappa shape index (κ2) is 2.49. The van der Waals surface area contributed by atoms with Crippen molar-refractivity contribution in [3.8, 4) is 0 Å². The van der Waals surface area contributed by atoms with Crippen LogP contribution < -0.4 is 5.73 Å². The molecule has 0 unspecified atom stereocenters. The highest BCUT2D eigenvalue weighted by Gasteiger charge is 2.66. The maximum atomic E-state index is 12.6. The van der Waals surface area contributed by atoms with Crippen LogP contribution in [0.2, 0.25) is 5.02 Å². The summed E-state index contributed by atoms with van der Waals surface area (Å²) in [4.78, 5) is -2.38. The summed E-state index contributed by atoms with van der Waals surface area (Å²) in [5.41, 5.74) is 3.72. The van der Waals surface area contributed by atoms with Gasteiger partial charge in [0, 0.05) is 0 Å². The van der Waals surface area contributed by atoms with Gasteiger partial charge in [0.15, 0.2) is 0 Å². The number of anilines is 1. The molecule has 0 saturated carbocycles. The Bertz CT molecular complexity index is 426. The van der Waals surface area contributed by atoms with Crippen LogP contribution in [0.5, 0.6) is 0 Å². The molecule has 0 atom stereocenters. The molecule has 0 bridgehead atoms. The molecule has 0 amide bonds. The Morgan fingerprint density at radius 2 is 1.53 bits per heavy atom. The molecule has 0 spiro atoms. The van der Waals surface area contributed by atoms with E-state index in [1.54, 1.807) is 0 Å². The first-order valence-corrected chi connectivity index (χ1v) is 5.63. The van der Waals surface area contributed by atoms with Crippen molar-refractivity contribution in [2.24, 2.45) is 0 Å². The molecule has 1 aromatic carbocycles. The molecule has 0 aromatic heterocycles. The molecule has 1 aromatic rings. The van der Waals surface area contributed by atoms with Crippen LogP contribution in [0.15, 0.2) is 17.0 Å². The van der Waals surface area contributed by atoms with Gasteiger partial charge >= 0.3 is 10.2 Å². The Balaban J connectivity index is 3.62. The average Bonchev–Trinajstić information content (AvgIpc) is 1.91. The summed E-state index contributed by atoms with van der Waals surface area (Å²) in [6, 6.07) is -0.108. The second-order valence-corrected chi connectivity index (χ2v) is 5.56. The van der Waals surface area contributed by atoms with Gasteiger partial charge in [0.05, 0.1) is 10.7 Å². The highest BCUT2D eigenvalue weighted by molar-refractivity contribution is 8.45. The van der Waals surface area contributed by atoms with Crippen LogP contribution >= 0.6 is 21.8 Å². The van der Waals surface area contributed by atoms with Crippen LogP contribution in [0.25, 0.3) is 0 Å². The summed E-state index contributed by atoms with van der Waals surface area (Å²) < 4.78 is 73.9. The highest BCUT2D eigenvalue weighted by Crippen LogP contribution is 3.02. The molecule has 1 rings (SSSR count). The van der Waals surface area contributed by atoms with Crippen molar-refractivity contribution in [3.63, 3.8) is 0 Å². The summed E-state index contributed by atoms with van der Waals surface area (Å²) in [6.45, 7) is 0. The van der Waals surface area contributed by atoms with Gasteiger partial charge in [-0.05, 0) is 12.1 Å². The molecular formula is C6H4ClF6NS. The minimum atomic E-state index is -9.92. The summed E-state index contributed by atoms with van der Waals surface area (Å²) in [6.07, 6.45) is 0. The van der Waals surface area contributed by atoms with Crippen LogP contribution in [0.1, 0.15) is 0 Å². The van der Waals surface area contributed by atoms with E-state index in [2.05, 4.69) is 0 Å². The third-order valence-electron chi connectivity index (χ3n) is 1.47. The number of halogens is 7. The molecule has 15 heavy (non-hydrogen) atoms. The van der Waals surface area contributed by atoms with Gasteiger partial charge in [-0.3, -0.25) is 0 Å². The Morgan fingerprint density at radius 1 is 1.07 bits per heavy atom. The lowest BCUT2D eigenvalue weighted by molar-refractivity contribution is 0.364. The van der Waals surface area contributed by atoms with Crippen molar-refractivity contribution in [3.05, 3.63) is 23.0 Å². The lowest BCUT2D eigenvalue weighted by atomic mass is 10.3. The van der Waals surface area contributed by atoms with Crippen LogP contribution in [-0.4, -0.2) is 0 Å². The van der Waals surface area contributed by atoms with E-state index in [9.17, 15) is 23.8 Å². The van der Waals surface area contributed by atoms with Gasteiger partial charge < -0.3 is 5.73 Å². The van der Waals surface area contributed by atoms with E-state index in [-0.39, 0.29) is 12.1 Å². The Hall–Kier alpha value is -0.760. The molecule has 88 valence electrons. The molecule has 9 heteroatoms. The van der Waals surface area contributed by atoms with E-state index in [0.717, 1.165) is 0 Å². The number of hydrogen-bond donors (Lipinski definition) is 1. The number of rotatable bonds is 1. The molecule has 0 aliphatic heterocycles. The van der Waals surface area contributed by atoms with E-state index in [1.807, 2.05) is 0 Å². The van der Waals surface area contributed by atoms with Gasteiger partial charge in [0.1, 0.15) is 10.7 Å². The Kier molecular flexibility index (Phi) is 2.04. The third kappa shape index (κ3) is 2.63. The fourth-order valence-corrected chi connectivity index (χ4v) is 2.21. The van der Waals surface area contributed by atoms with E-state index >= 15 is 0 Å². The lowest BCUT2D eigenvalue weighted by Gasteiger charge is -2.41. The van der Waals surface area contributed by atoms with Crippen molar-refractivity contribution in [1.82, 2.24) is 0 Å². The Morgan fingerprint density at radius 3 is 1.93 bits per heavy atom. The van der Waals surface area contributed by atoms with Crippen LogP contribution in [-0.2, 0) is 0 Å². The minimum Gasteiger partial charge on any atom is -0.396 e. The van der Waals surface area contributed by atoms with Crippen LogP contribution in [0, 0.1) is 5.82 Å². The summed E-state index contributed by atoms with van der Waals surface area (Å²) in [5.74, 6) is -1.29. The molecule has 1 nitrogen and oxygen atoms in total. The molecule has 0 aliphatic carbocycles. The monoisotopic (exact) mass is 271 g/mol. The normalized spacial score (nSPS) is 17.0. The zero-order valence-corrected chi connectivity index (χ0v) is 8.36. The number of hydrogen-bond acceptors (Lipinski definition) is 1. The molecular weight excluding hydrogens is 268 g/mol. The van der Waals surface area contributed by atoms with Gasteiger partial charge in [-0.1, -0.05) is 31.0 Å². The van der Waals surface area contributed by atoms with E-state index < -0.39 is 31.6 Å². The molecule has 0 aliphatic rings. The zero-order valence-electron chi connectivity index (χ0n) is 6.79. The largest absolute Gasteiger partial charge is 0.396 e. The standard InChI is InChI=1S/C6H4ClF6NS/c7-3-1-4(8)5(14)2-6(3)15(9,10,11,12)13/h1-2H,14H2. The van der Waals surface area contributed by atoms with E-state index in [0.29, 0.717) is 0 Å². The van der Waals surface area contributed by atoms with Crippen molar-refractivity contribution < 1.29 is 23.8 Å².